The van der Waals surface area contributed by atoms with Crippen LogP contribution in [0.2, 0.25) is 0 Å². The van der Waals surface area contributed by atoms with Gasteiger partial charge in [0.05, 0.1) is 12.7 Å². The van der Waals surface area contributed by atoms with Gasteiger partial charge >= 0.3 is 0 Å². The molecular formula is C14H19NO2. The Hall–Kier alpha value is -1.22. The van der Waals surface area contributed by atoms with Gasteiger partial charge in [0.2, 0.25) is 0 Å². The molecule has 0 bridgehead atoms. The summed E-state index contributed by atoms with van der Waals surface area (Å²) in [5, 5.41) is 10.3. The van der Waals surface area contributed by atoms with E-state index in [1.54, 1.807) is 7.11 Å². The zero-order chi connectivity index (χ0) is 11.9. The molecule has 2 aliphatic rings. The highest BCUT2D eigenvalue weighted by Gasteiger charge is 2.44. The summed E-state index contributed by atoms with van der Waals surface area (Å²) in [6, 6.07) is 6.19. The van der Waals surface area contributed by atoms with E-state index in [9.17, 15) is 5.11 Å². The van der Waals surface area contributed by atoms with Crippen LogP contribution in [0.25, 0.3) is 0 Å². The Bertz CT molecular complexity index is 420. The number of methoxy groups -OCH3 is 1. The lowest BCUT2D eigenvalue weighted by Crippen LogP contribution is -2.18. The first-order valence-electron chi connectivity index (χ1n) is 6.39. The van der Waals surface area contributed by atoms with Crippen molar-refractivity contribution in [3.8, 4) is 5.75 Å². The summed E-state index contributed by atoms with van der Waals surface area (Å²) in [5.41, 5.74) is 1.56. The number of nitrogens with zero attached hydrogens (tertiary/aromatic N) is 1. The van der Waals surface area contributed by atoms with Crippen molar-refractivity contribution < 1.29 is 9.84 Å². The monoisotopic (exact) mass is 233 g/mol. The molecule has 1 saturated carbocycles. The predicted molar refractivity (Wildman–Crippen MR) is 67.6 cm³/mol. The van der Waals surface area contributed by atoms with Crippen LogP contribution < -0.4 is 9.64 Å². The molecule has 0 amide bonds. The van der Waals surface area contributed by atoms with Crippen LogP contribution in [0, 0.1) is 0 Å². The molecule has 17 heavy (non-hydrogen) atoms. The minimum absolute atomic E-state index is 0.624. The molecule has 1 aliphatic heterocycles. The molecule has 1 heterocycles. The van der Waals surface area contributed by atoms with Crippen molar-refractivity contribution in [3.05, 3.63) is 23.8 Å². The number of aliphatic hydroxyl groups is 1. The number of hydrogen-bond acceptors (Lipinski definition) is 3. The van der Waals surface area contributed by atoms with Gasteiger partial charge in [0.1, 0.15) is 5.75 Å². The largest absolute Gasteiger partial charge is 0.496 e. The van der Waals surface area contributed by atoms with Crippen LogP contribution in [0.3, 0.4) is 0 Å². The van der Waals surface area contributed by atoms with E-state index < -0.39 is 5.60 Å². The van der Waals surface area contributed by atoms with Crippen molar-refractivity contribution in [2.45, 2.75) is 31.3 Å². The fourth-order valence-corrected chi connectivity index (χ4v) is 2.62. The zero-order valence-corrected chi connectivity index (χ0v) is 10.3. The second-order valence-corrected chi connectivity index (χ2v) is 5.11. The summed E-state index contributed by atoms with van der Waals surface area (Å²) >= 11 is 0. The van der Waals surface area contributed by atoms with Crippen LogP contribution in [0.15, 0.2) is 18.2 Å². The summed E-state index contributed by atoms with van der Waals surface area (Å²) in [6.07, 6.45) is 4.25. The summed E-state index contributed by atoms with van der Waals surface area (Å²) in [5.74, 6) is 0.813. The van der Waals surface area contributed by atoms with Gasteiger partial charge in [0.25, 0.3) is 0 Å². The maximum atomic E-state index is 10.3. The van der Waals surface area contributed by atoms with Crippen LogP contribution >= 0.6 is 0 Å². The Kier molecular flexibility index (Phi) is 2.51. The highest BCUT2D eigenvalue weighted by Crippen LogP contribution is 2.49. The summed E-state index contributed by atoms with van der Waals surface area (Å²) < 4.78 is 5.35. The molecule has 2 fully saturated rings. The average molecular weight is 233 g/mol. The molecule has 1 aliphatic carbocycles. The lowest BCUT2D eigenvalue weighted by Gasteiger charge is -2.21. The Morgan fingerprint density at radius 1 is 1.24 bits per heavy atom. The van der Waals surface area contributed by atoms with Crippen LogP contribution in [-0.2, 0) is 5.60 Å². The SMILES string of the molecule is COc1ccc(N2CCCC2)cc1C1(O)CC1. The van der Waals surface area contributed by atoms with Crippen molar-refractivity contribution in [1.29, 1.82) is 0 Å². The molecule has 1 aromatic carbocycles. The van der Waals surface area contributed by atoms with Gasteiger partial charge < -0.3 is 14.7 Å². The first kappa shape index (κ1) is 10.9. The maximum Gasteiger partial charge on any atom is 0.125 e. The fraction of sp³-hybridized carbons (Fsp3) is 0.571. The molecule has 1 saturated heterocycles. The lowest BCUT2D eigenvalue weighted by molar-refractivity contribution is 0.147. The molecule has 1 N–H and O–H groups in total. The van der Waals surface area contributed by atoms with E-state index in [-0.39, 0.29) is 0 Å². The molecule has 3 rings (SSSR count). The van der Waals surface area contributed by atoms with Gasteiger partial charge in [-0.3, -0.25) is 0 Å². The molecule has 0 unspecified atom stereocenters. The quantitative estimate of drug-likeness (QED) is 0.869. The lowest BCUT2D eigenvalue weighted by atomic mass is 10.1. The second-order valence-electron chi connectivity index (χ2n) is 5.11. The van der Waals surface area contributed by atoms with E-state index in [4.69, 9.17) is 4.74 Å². The molecule has 3 nitrogen and oxygen atoms in total. The second kappa shape index (κ2) is 3.91. The van der Waals surface area contributed by atoms with Crippen LogP contribution in [0.4, 0.5) is 5.69 Å². The molecule has 3 heteroatoms. The van der Waals surface area contributed by atoms with Crippen LogP contribution in [0.1, 0.15) is 31.2 Å². The Labute approximate surface area is 102 Å². The standard InChI is InChI=1S/C14H19NO2/c1-17-13-5-4-11(15-8-2-3-9-15)10-12(13)14(16)6-7-14/h4-5,10,16H,2-3,6-9H2,1H3. The van der Waals surface area contributed by atoms with Crippen molar-refractivity contribution in [2.24, 2.45) is 0 Å². The Morgan fingerprint density at radius 2 is 1.94 bits per heavy atom. The molecule has 0 radical (unpaired) electrons. The van der Waals surface area contributed by atoms with Crippen molar-refractivity contribution in [1.82, 2.24) is 0 Å². The predicted octanol–water partition coefficient (Wildman–Crippen LogP) is 2.28. The van der Waals surface area contributed by atoms with E-state index in [0.717, 1.165) is 37.2 Å². The molecule has 0 aromatic heterocycles. The van der Waals surface area contributed by atoms with Gasteiger partial charge in [-0.1, -0.05) is 0 Å². The highest BCUT2D eigenvalue weighted by atomic mass is 16.5. The molecular weight excluding hydrogens is 214 g/mol. The summed E-state index contributed by atoms with van der Waals surface area (Å²) in [6.45, 7) is 2.26. The Balaban J connectivity index is 1.96. The normalized spacial score (nSPS) is 21.6. The highest BCUT2D eigenvalue weighted by molar-refractivity contribution is 5.56. The van der Waals surface area contributed by atoms with Gasteiger partial charge in [-0.2, -0.15) is 0 Å². The van der Waals surface area contributed by atoms with Crippen molar-refractivity contribution in [3.63, 3.8) is 0 Å². The third-order valence-corrected chi connectivity index (χ3v) is 3.88. The molecule has 1 aromatic rings. The van der Waals surface area contributed by atoms with E-state index in [0.29, 0.717) is 0 Å². The third-order valence-electron chi connectivity index (χ3n) is 3.88. The molecule has 92 valence electrons. The molecule has 0 atom stereocenters. The summed E-state index contributed by atoms with van der Waals surface area (Å²) in [4.78, 5) is 2.38. The Morgan fingerprint density at radius 3 is 2.53 bits per heavy atom. The number of benzene rings is 1. The smallest absolute Gasteiger partial charge is 0.125 e. The third kappa shape index (κ3) is 1.89. The number of rotatable bonds is 3. The van der Waals surface area contributed by atoms with Gasteiger partial charge in [0.15, 0.2) is 0 Å². The fourth-order valence-electron chi connectivity index (χ4n) is 2.62. The van der Waals surface area contributed by atoms with Crippen LogP contribution in [0.5, 0.6) is 5.75 Å². The first-order valence-corrected chi connectivity index (χ1v) is 6.39. The van der Waals surface area contributed by atoms with Gasteiger partial charge in [-0.15, -0.1) is 0 Å². The average Bonchev–Trinajstić information content (AvgIpc) is 2.91. The van der Waals surface area contributed by atoms with E-state index in [2.05, 4.69) is 17.0 Å². The minimum Gasteiger partial charge on any atom is -0.496 e. The number of ether oxygens (including phenoxy) is 1. The zero-order valence-electron chi connectivity index (χ0n) is 10.3. The van der Waals surface area contributed by atoms with E-state index in [1.165, 1.54) is 18.5 Å². The van der Waals surface area contributed by atoms with Gasteiger partial charge in [0, 0.05) is 24.3 Å². The maximum absolute atomic E-state index is 10.3. The van der Waals surface area contributed by atoms with Crippen molar-refractivity contribution >= 4 is 5.69 Å². The van der Waals surface area contributed by atoms with E-state index in [1.807, 2.05) is 6.07 Å². The minimum atomic E-state index is -0.624. The van der Waals surface area contributed by atoms with Crippen LogP contribution in [-0.4, -0.2) is 25.3 Å². The van der Waals surface area contributed by atoms with E-state index >= 15 is 0 Å². The molecule has 0 spiro atoms. The first-order chi connectivity index (χ1) is 8.23. The number of anilines is 1. The number of hydrogen-bond donors (Lipinski definition) is 1. The summed E-state index contributed by atoms with van der Waals surface area (Å²) in [7, 11) is 1.67. The topological polar surface area (TPSA) is 32.7 Å². The van der Waals surface area contributed by atoms with Gasteiger partial charge in [-0.05, 0) is 43.9 Å². The van der Waals surface area contributed by atoms with Gasteiger partial charge in [-0.25, -0.2) is 0 Å². The van der Waals surface area contributed by atoms with Crippen molar-refractivity contribution in [2.75, 3.05) is 25.1 Å².